The van der Waals surface area contributed by atoms with E-state index in [1.54, 1.807) is 13.8 Å². The molecule has 1 N–H and O–H groups in total. The number of carbonyl (C=O) groups is 2. The van der Waals surface area contributed by atoms with Gasteiger partial charge in [-0.15, -0.1) is 6.58 Å². The molecule has 4 heteroatoms. The molecule has 0 aliphatic rings. The van der Waals surface area contributed by atoms with E-state index in [1.165, 1.54) is 13.0 Å². The van der Waals surface area contributed by atoms with Gasteiger partial charge in [-0.3, -0.25) is 9.59 Å². The smallest absolute Gasteiger partial charge is 0.323 e. The van der Waals surface area contributed by atoms with Crippen molar-refractivity contribution in [3.8, 4) is 0 Å². The van der Waals surface area contributed by atoms with Crippen molar-refractivity contribution in [3.05, 3.63) is 12.7 Å². The van der Waals surface area contributed by atoms with Crippen molar-refractivity contribution in [2.45, 2.75) is 20.8 Å². The molecule has 2 unspecified atom stereocenters. The predicted molar refractivity (Wildman–Crippen MR) is 51.7 cm³/mol. The van der Waals surface area contributed by atoms with Crippen LogP contribution in [0.3, 0.4) is 0 Å². The summed E-state index contributed by atoms with van der Waals surface area (Å²) < 4.78 is 4.72. The minimum atomic E-state index is -1.54. The minimum Gasteiger partial charge on any atom is -0.480 e. The number of ether oxygens (including phenoxy) is 1. The molecular formula is C10H16O4. The van der Waals surface area contributed by atoms with Gasteiger partial charge in [-0.2, -0.15) is 0 Å². The zero-order valence-corrected chi connectivity index (χ0v) is 8.74. The van der Waals surface area contributed by atoms with Crippen LogP contribution < -0.4 is 0 Å². The molecular weight excluding hydrogens is 184 g/mol. The quantitative estimate of drug-likeness (QED) is 0.414. The summed E-state index contributed by atoms with van der Waals surface area (Å²) in [6.45, 7) is 8.26. The van der Waals surface area contributed by atoms with Gasteiger partial charge >= 0.3 is 11.9 Å². The number of allylic oxidation sites excluding steroid dienone is 1. The second-order valence-electron chi connectivity index (χ2n) is 3.25. The molecule has 2 atom stereocenters. The van der Waals surface area contributed by atoms with Crippen LogP contribution in [0.4, 0.5) is 0 Å². The van der Waals surface area contributed by atoms with Crippen LogP contribution in [-0.4, -0.2) is 23.7 Å². The van der Waals surface area contributed by atoms with Gasteiger partial charge in [0.15, 0.2) is 5.41 Å². The molecule has 0 rings (SSSR count). The molecule has 0 heterocycles. The topological polar surface area (TPSA) is 63.6 Å². The van der Waals surface area contributed by atoms with Crippen molar-refractivity contribution in [3.63, 3.8) is 0 Å². The largest absolute Gasteiger partial charge is 0.480 e. The van der Waals surface area contributed by atoms with Crippen molar-refractivity contribution in [2.24, 2.45) is 11.3 Å². The lowest BCUT2D eigenvalue weighted by Gasteiger charge is -2.26. The number of aliphatic carboxylic acids is 1. The molecule has 0 radical (unpaired) electrons. The van der Waals surface area contributed by atoms with E-state index in [2.05, 4.69) is 6.58 Å². The third kappa shape index (κ3) is 2.13. The van der Waals surface area contributed by atoms with Crippen LogP contribution in [0.15, 0.2) is 12.7 Å². The average Bonchev–Trinajstić information content (AvgIpc) is 2.15. The summed E-state index contributed by atoms with van der Waals surface area (Å²) in [4.78, 5) is 22.4. The first kappa shape index (κ1) is 12.7. The molecule has 0 saturated carbocycles. The standard InChI is InChI=1S/C10H16O4/c1-5-7(3)10(4,8(11)12)9(13)14-6-2/h5,7H,1,6H2,2-4H3,(H,11,12). The molecule has 0 aromatic carbocycles. The first-order valence-electron chi connectivity index (χ1n) is 4.44. The van der Waals surface area contributed by atoms with E-state index in [9.17, 15) is 9.59 Å². The zero-order valence-electron chi connectivity index (χ0n) is 8.74. The summed E-state index contributed by atoms with van der Waals surface area (Å²) in [6, 6.07) is 0. The maximum absolute atomic E-state index is 11.5. The third-order valence-corrected chi connectivity index (χ3v) is 2.41. The Morgan fingerprint density at radius 1 is 1.64 bits per heavy atom. The Bertz CT molecular complexity index is 247. The highest BCUT2D eigenvalue weighted by molar-refractivity contribution is 5.99. The van der Waals surface area contributed by atoms with E-state index >= 15 is 0 Å². The molecule has 0 aromatic heterocycles. The van der Waals surface area contributed by atoms with E-state index in [0.717, 1.165) is 0 Å². The minimum absolute atomic E-state index is 0.172. The molecule has 0 aliphatic heterocycles. The highest BCUT2D eigenvalue weighted by Gasteiger charge is 2.46. The summed E-state index contributed by atoms with van der Waals surface area (Å²) in [5, 5.41) is 8.98. The van der Waals surface area contributed by atoms with Crippen molar-refractivity contribution in [2.75, 3.05) is 6.61 Å². The van der Waals surface area contributed by atoms with E-state index in [1.807, 2.05) is 0 Å². The number of rotatable bonds is 5. The molecule has 14 heavy (non-hydrogen) atoms. The van der Waals surface area contributed by atoms with Crippen LogP contribution in [0.5, 0.6) is 0 Å². The van der Waals surface area contributed by atoms with Gasteiger partial charge in [0.05, 0.1) is 6.61 Å². The van der Waals surface area contributed by atoms with Crippen molar-refractivity contribution >= 4 is 11.9 Å². The lowest BCUT2D eigenvalue weighted by atomic mass is 9.78. The Morgan fingerprint density at radius 3 is 2.43 bits per heavy atom. The van der Waals surface area contributed by atoms with E-state index in [0.29, 0.717) is 0 Å². The molecule has 0 bridgehead atoms. The lowest BCUT2D eigenvalue weighted by Crippen LogP contribution is -2.42. The van der Waals surface area contributed by atoms with Crippen molar-refractivity contribution in [1.29, 1.82) is 0 Å². The van der Waals surface area contributed by atoms with Crippen molar-refractivity contribution in [1.82, 2.24) is 0 Å². The fourth-order valence-electron chi connectivity index (χ4n) is 0.985. The highest BCUT2D eigenvalue weighted by atomic mass is 16.5. The maximum Gasteiger partial charge on any atom is 0.323 e. The Kier molecular flexibility index (Phi) is 4.34. The van der Waals surface area contributed by atoms with E-state index in [4.69, 9.17) is 9.84 Å². The van der Waals surface area contributed by atoms with Crippen LogP contribution in [0.1, 0.15) is 20.8 Å². The summed E-state index contributed by atoms with van der Waals surface area (Å²) >= 11 is 0. The lowest BCUT2D eigenvalue weighted by molar-refractivity contribution is -0.169. The Morgan fingerprint density at radius 2 is 2.14 bits per heavy atom. The van der Waals surface area contributed by atoms with Gasteiger partial charge in [-0.25, -0.2) is 0 Å². The highest BCUT2D eigenvalue weighted by Crippen LogP contribution is 2.30. The van der Waals surface area contributed by atoms with E-state index < -0.39 is 23.3 Å². The number of carboxylic acids is 1. The molecule has 4 nitrogen and oxygen atoms in total. The van der Waals surface area contributed by atoms with E-state index in [-0.39, 0.29) is 6.61 Å². The normalized spacial score (nSPS) is 16.5. The summed E-state index contributed by atoms with van der Waals surface area (Å²) in [7, 11) is 0. The summed E-state index contributed by atoms with van der Waals surface area (Å²) in [5.74, 6) is -2.39. The summed E-state index contributed by atoms with van der Waals surface area (Å²) in [5.41, 5.74) is -1.54. The third-order valence-electron chi connectivity index (χ3n) is 2.41. The summed E-state index contributed by atoms with van der Waals surface area (Å²) in [6.07, 6.45) is 1.44. The number of carboxylic acid groups (broad SMARTS) is 1. The second-order valence-corrected chi connectivity index (χ2v) is 3.25. The first-order valence-corrected chi connectivity index (χ1v) is 4.44. The van der Waals surface area contributed by atoms with Gasteiger partial charge in [0.1, 0.15) is 0 Å². The molecule has 0 aromatic rings. The first-order chi connectivity index (χ1) is 6.41. The van der Waals surface area contributed by atoms with Crippen LogP contribution in [0.25, 0.3) is 0 Å². The molecule has 0 aliphatic carbocycles. The predicted octanol–water partition coefficient (Wildman–Crippen LogP) is 1.46. The van der Waals surface area contributed by atoms with Gasteiger partial charge in [0, 0.05) is 5.92 Å². The van der Waals surface area contributed by atoms with Gasteiger partial charge < -0.3 is 9.84 Å². The maximum atomic E-state index is 11.5. The molecule has 0 amide bonds. The number of hydrogen-bond donors (Lipinski definition) is 1. The van der Waals surface area contributed by atoms with Gasteiger partial charge in [0.2, 0.25) is 0 Å². The number of esters is 1. The number of hydrogen-bond acceptors (Lipinski definition) is 3. The molecule has 0 spiro atoms. The molecule has 0 saturated heterocycles. The van der Waals surface area contributed by atoms with Crippen LogP contribution >= 0.6 is 0 Å². The average molecular weight is 200 g/mol. The van der Waals surface area contributed by atoms with Crippen LogP contribution in [0.2, 0.25) is 0 Å². The SMILES string of the molecule is C=CC(C)C(C)(C(=O)O)C(=O)OCC. The van der Waals surface area contributed by atoms with Gasteiger partial charge in [0.25, 0.3) is 0 Å². The number of carbonyl (C=O) groups excluding carboxylic acids is 1. The van der Waals surface area contributed by atoms with Crippen LogP contribution in [-0.2, 0) is 14.3 Å². The Labute approximate surface area is 83.6 Å². The van der Waals surface area contributed by atoms with Gasteiger partial charge in [-0.05, 0) is 13.8 Å². The fourth-order valence-corrected chi connectivity index (χ4v) is 0.985. The van der Waals surface area contributed by atoms with Crippen molar-refractivity contribution < 1.29 is 19.4 Å². The van der Waals surface area contributed by atoms with Gasteiger partial charge in [-0.1, -0.05) is 13.0 Å². The second kappa shape index (κ2) is 4.79. The zero-order chi connectivity index (χ0) is 11.4. The molecule has 0 fully saturated rings. The van der Waals surface area contributed by atoms with Crippen LogP contribution in [0, 0.1) is 11.3 Å². The monoisotopic (exact) mass is 200 g/mol. The Balaban J connectivity index is 4.99. The molecule has 80 valence electrons. The Hall–Kier alpha value is -1.32. The fraction of sp³-hybridized carbons (Fsp3) is 0.600.